The third-order valence-electron chi connectivity index (χ3n) is 5.76. The topological polar surface area (TPSA) is 57.2 Å². The second kappa shape index (κ2) is 7.60. The number of nitrogens with zero attached hydrogens (tertiary/aromatic N) is 1. The van der Waals surface area contributed by atoms with Crippen LogP contribution in [0.15, 0.2) is 72.1 Å². The molecule has 5 rings (SSSR count). The number of ether oxygens (including phenoxy) is 1. The molecule has 31 heavy (non-hydrogen) atoms. The summed E-state index contributed by atoms with van der Waals surface area (Å²) in [6.45, 7) is 2.73. The van der Waals surface area contributed by atoms with E-state index < -0.39 is 5.91 Å². The predicted molar refractivity (Wildman–Crippen MR) is 128 cm³/mol. The normalized spacial score (nSPS) is 11.3. The van der Waals surface area contributed by atoms with Crippen LogP contribution in [-0.2, 0) is 6.54 Å². The molecule has 0 aliphatic rings. The smallest absolute Gasteiger partial charge is 0.249 e. The van der Waals surface area contributed by atoms with Gasteiger partial charge in [0, 0.05) is 27.8 Å². The van der Waals surface area contributed by atoms with Gasteiger partial charge in [0.2, 0.25) is 5.91 Å². The summed E-state index contributed by atoms with van der Waals surface area (Å²) in [7, 11) is 1.69. The number of fused-ring (bicyclic) bond motifs is 3. The molecule has 1 amide bonds. The lowest BCUT2D eigenvalue weighted by Crippen LogP contribution is -2.11. The highest BCUT2D eigenvalue weighted by atomic mass is 32.1. The predicted octanol–water partition coefficient (Wildman–Crippen LogP) is 5.99. The van der Waals surface area contributed by atoms with E-state index in [4.69, 9.17) is 10.5 Å². The Bertz CT molecular complexity index is 1430. The first-order valence-corrected chi connectivity index (χ1v) is 11.0. The van der Waals surface area contributed by atoms with E-state index in [0.717, 1.165) is 38.7 Å². The van der Waals surface area contributed by atoms with Crippen molar-refractivity contribution >= 4 is 39.0 Å². The molecule has 3 aromatic carbocycles. The molecule has 0 fully saturated rings. The molecule has 0 radical (unpaired) electrons. The number of rotatable bonds is 5. The lowest BCUT2D eigenvalue weighted by atomic mass is 10.0. The van der Waals surface area contributed by atoms with Crippen molar-refractivity contribution in [2.24, 2.45) is 5.73 Å². The van der Waals surface area contributed by atoms with E-state index >= 15 is 0 Å². The fourth-order valence-corrected chi connectivity index (χ4v) is 5.06. The van der Waals surface area contributed by atoms with Crippen molar-refractivity contribution in [3.8, 4) is 16.2 Å². The summed E-state index contributed by atoms with van der Waals surface area (Å²) in [5.74, 6) is 0.467. The van der Waals surface area contributed by atoms with Crippen LogP contribution in [0.5, 0.6) is 5.75 Å². The van der Waals surface area contributed by atoms with Crippen LogP contribution in [0.25, 0.3) is 32.2 Å². The Morgan fingerprint density at radius 3 is 2.61 bits per heavy atom. The molecule has 5 heteroatoms. The SMILES string of the molecule is COc1ccc(Cn2c3cc(-c4cccs4)ccc3c3c(C(N)=O)cccc32)cc1C. The van der Waals surface area contributed by atoms with E-state index in [1.807, 2.05) is 19.1 Å². The van der Waals surface area contributed by atoms with Crippen LogP contribution >= 0.6 is 11.3 Å². The molecule has 2 N–H and O–H groups in total. The molecule has 0 atom stereocenters. The Labute approximate surface area is 184 Å². The number of aromatic nitrogens is 1. The first kappa shape index (κ1) is 19.4. The Morgan fingerprint density at radius 2 is 1.90 bits per heavy atom. The summed E-state index contributed by atoms with van der Waals surface area (Å²) >= 11 is 1.72. The van der Waals surface area contributed by atoms with Crippen LogP contribution < -0.4 is 10.5 Å². The third kappa shape index (κ3) is 3.27. The van der Waals surface area contributed by atoms with E-state index in [1.165, 1.54) is 10.4 Å². The molecule has 0 bridgehead atoms. The standard InChI is InChI=1S/C26H22N2O2S/c1-16-13-17(8-11-23(16)30-2)15-28-21-6-3-5-20(26(27)29)25(21)19-10-9-18(14-22(19)28)24-7-4-12-31-24/h3-14H,15H2,1-2H3,(H2,27,29). The number of nitrogens with two attached hydrogens (primary N) is 1. The van der Waals surface area contributed by atoms with Gasteiger partial charge in [-0.15, -0.1) is 11.3 Å². The number of hydrogen-bond donors (Lipinski definition) is 1. The zero-order valence-corrected chi connectivity index (χ0v) is 18.2. The van der Waals surface area contributed by atoms with Crippen LogP contribution in [-0.4, -0.2) is 17.6 Å². The Hall–Kier alpha value is -3.57. The van der Waals surface area contributed by atoms with Crippen molar-refractivity contribution in [1.82, 2.24) is 4.57 Å². The van der Waals surface area contributed by atoms with E-state index in [-0.39, 0.29) is 0 Å². The number of thiophene rings is 1. The summed E-state index contributed by atoms with van der Waals surface area (Å²) < 4.78 is 7.69. The molecule has 0 aliphatic carbocycles. The molecule has 0 spiro atoms. The zero-order chi connectivity index (χ0) is 21.5. The average Bonchev–Trinajstić information content (AvgIpc) is 3.41. The van der Waals surface area contributed by atoms with E-state index in [9.17, 15) is 4.79 Å². The monoisotopic (exact) mass is 426 g/mol. The van der Waals surface area contributed by atoms with Crippen molar-refractivity contribution in [3.63, 3.8) is 0 Å². The van der Waals surface area contributed by atoms with Gasteiger partial charge in [0.25, 0.3) is 0 Å². The van der Waals surface area contributed by atoms with Crippen molar-refractivity contribution in [2.75, 3.05) is 7.11 Å². The van der Waals surface area contributed by atoms with Gasteiger partial charge in [0.1, 0.15) is 5.75 Å². The van der Waals surface area contributed by atoms with Gasteiger partial charge in [-0.25, -0.2) is 0 Å². The van der Waals surface area contributed by atoms with Crippen molar-refractivity contribution in [2.45, 2.75) is 13.5 Å². The van der Waals surface area contributed by atoms with Crippen LogP contribution in [0.3, 0.4) is 0 Å². The first-order valence-electron chi connectivity index (χ1n) is 10.1. The molecule has 0 unspecified atom stereocenters. The number of amides is 1. The maximum atomic E-state index is 12.2. The van der Waals surface area contributed by atoms with Crippen molar-refractivity contribution in [3.05, 3.63) is 88.8 Å². The molecule has 154 valence electrons. The highest BCUT2D eigenvalue weighted by Gasteiger charge is 2.17. The maximum absolute atomic E-state index is 12.2. The van der Waals surface area contributed by atoms with E-state index in [0.29, 0.717) is 12.1 Å². The molecule has 0 aliphatic heterocycles. The van der Waals surface area contributed by atoms with Gasteiger partial charge >= 0.3 is 0 Å². The molecule has 2 heterocycles. The van der Waals surface area contributed by atoms with Gasteiger partial charge in [0.15, 0.2) is 0 Å². The second-order valence-electron chi connectivity index (χ2n) is 7.66. The fourth-order valence-electron chi connectivity index (χ4n) is 4.34. The summed E-state index contributed by atoms with van der Waals surface area (Å²) in [4.78, 5) is 13.4. The van der Waals surface area contributed by atoms with Crippen molar-refractivity contribution < 1.29 is 9.53 Å². The van der Waals surface area contributed by atoms with E-state index in [2.05, 4.69) is 58.5 Å². The number of primary amides is 1. The molecular weight excluding hydrogens is 404 g/mol. The minimum atomic E-state index is -0.410. The van der Waals surface area contributed by atoms with E-state index in [1.54, 1.807) is 24.5 Å². The van der Waals surface area contributed by atoms with Gasteiger partial charge in [-0.3, -0.25) is 4.79 Å². The molecule has 0 saturated heterocycles. The molecule has 4 nitrogen and oxygen atoms in total. The van der Waals surface area contributed by atoms with Gasteiger partial charge in [-0.05, 0) is 59.3 Å². The lowest BCUT2D eigenvalue weighted by Gasteiger charge is -2.11. The molecule has 2 aromatic heterocycles. The van der Waals surface area contributed by atoms with Crippen LogP contribution in [0.4, 0.5) is 0 Å². The Balaban J connectivity index is 1.77. The van der Waals surface area contributed by atoms with Crippen LogP contribution in [0.1, 0.15) is 21.5 Å². The number of benzene rings is 3. The average molecular weight is 427 g/mol. The van der Waals surface area contributed by atoms with Crippen LogP contribution in [0.2, 0.25) is 0 Å². The Kier molecular flexibility index (Phi) is 4.75. The largest absolute Gasteiger partial charge is 0.496 e. The minimum Gasteiger partial charge on any atom is -0.496 e. The van der Waals surface area contributed by atoms with Gasteiger partial charge in [0.05, 0.1) is 18.1 Å². The minimum absolute atomic E-state index is 0.410. The summed E-state index contributed by atoms with van der Waals surface area (Å²) in [6, 6.07) is 22.6. The number of carbonyl (C=O) groups is 1. The number of carbonyl (C=O) groups excluding carboxylic acids is 1. The summed E-state index contributed by atoms with van der Waals surface area (Å²) in [5.41, 5.74) is 11.8. The number of methoxy groups -OCH3 is 1. The summed E-state index contributed by atoms with van der Waals surface area (Å²) in [6.07, 6.45) is 0. The zero-order valence-electron chi connectivity index (χ0n) is 17.4. The summed E-state index contributed by atoms with van der Waals surface area (Å²) in [5, 5.41) is 4.03. The highest BCUT2D eigenvalue weighted by molar-refractivity contribution is 7.13. The number of hydrogen-bond acceptors (Lipinski definition) is 3. The highest BCUT2D eigenvalue weighted by Crippen LogP contribution is 2.36. The van der Waals surface area contributed by atoms with Gasteiger partial charge in [-0.2, -0.15) is 0 Å². The quantitative estimate of drug-likeness (QED) is 0.375. The van der Waals surface area contributed by atoms with Gasteiger partial charge in [-0.1, -0.05) is 36.4 Å². The second-order valence-corrected chi connectivity index (χ2v) is 8.61. The molecular formula is C26H22N2O2S. The van der Waals surface area contributed by atoms with Crippen LogP contribution in [0, 0.1) is 6.92 Å². The van der Waals surface area contributed by atoms with Crippen molar-refractivity contribution in [1.29, 1.82) is 0 Å². The maximum Gasteiger partial charge on any atom is 0.249 e. The Morgan fingerprint density at radius 1 is 1.03 bits per heavy atom. The molecule has 0 saturated carbocycles. The van der Waals surface area contributed by atoms with Gasteiger partial charge < -0.3 is 15.0 Å². The third-order valence-corrected chi connectivity index (χ3v) is 6.68. The molecule has 5 aromatic rings. The lowest BCUT2D eigenvalue weighted by molar-refractivity contribution is 0.100. The first-order chi connectivity index (χ1) is 15.1. The number of aryl methyl sites for hydroxylation is 1. The fraction of sp³-hybridized carbons (Fsp3) is 0.115.